The summed E-state index contributed by atoms with van der Waals surface area (Å²) in [5.41, 5.74) is 3.68. The van der Waals surface area contributed by atoms with Gasteiger partial charge in [0.2, 0.25) is 5.91 Å². The predicted octanol–water partition coefficient (Wildman–Crippen LogP) is 4.16. The summed E-state index contributed by atoms with van der Waals surface area (Å²) >= 11 is 0. The van der Waals surface area contributed by atoms with Crippen LogP contribution in [0.3, 0.4) is 0 Å². The summed E-state index contributed by atoms with van der Waals surface area (Å²) in [6, 6.07) is 22.2. The number of nitrogens with zero attached hydrogens (tertiary/aromatic N) is 1. The standard InChI is InChI=1S/C28H27N3O4/c1-28(22-11-10-20-8-5-9-21(20)16-22)26(33)31(27(34)30-28)17-25(32)29-23-12-14-24(15-13-23)35-18-19-6-3-2-4-7-19/h2-4,6-7,10-16H,5,8-9,17-18H2,1H3,(H,29,32)(H,30,34). The van der Waals surface area contributed by atoms with Crippen molar-refractivity contribution < 1.29 is 19.1 Å². The molecule has 7 heteroatoms. The van der Waals surface area contributed by atoms with E-state index in [4.69, 9.17) is 4.74 Å². The maximum absolute atomic E-state index is 13.2. The Morgan fingerprint density at radius 2 is 1.74 bits per heavy atom. The molecule has 1 atom stereocenters. The molecule has 4 amide bonds. The van der Waals surface area contributed by atoms with Gasteiger partial charge in [-0.25, -0.2) is 4.79 Å². The van der Waals surface area contributed by atoms with Crippen LogP contribution in [0, 0.1) is 0 Å². The van der Waals surface area contributed by atoms with Crippen LogP contribution in [0.25, 0.3) is 0 Å². The van der Waals surface area contributed by atoms with E-state index in [0.29, 0.717) is 18.0 Å². The van der Waals surface area contributed by atoms with Crippen molar-refractivity contribution >= 4 is 23.5 Å². The summed E-state index contributed by atoms with van der Waals surface area (Å²) < 4.78 is 5.76. The molecule has 2 N–H and O–H groups in total. The first kappa shape index (κ1) is 22.7. The van der Waals surface area contributed by atoms with Crippen LogP contribution >= 0.6 is 0 Å². The highest BCUT2D eigenvalue weighted by Crippen LogP contribution is 2.32. The van der Waals surface area contributed by atoms with Gasteiger partial charge in [0, 0.05) is 5.69 Å². The zero-order valence-electron chi connectivity index (χ0n) is 19.5. The van der Waals surface area contributed by atoms with Gasteiger partial charge in [-0.1, -0.05) is 48.5 Å². The van der Waals surface area contributed by atoms with Crippen molar-refractivity contribution in [1.29, 1.82) is 0 Å². The lowest BCUT2D eigenvalue weighted by atomic mass is 9.89. The molecule has 1 unspecified atom stereocenters. The number of hydrogen-bond acceptors (Lipinski definition) is 4. The van der Waals surface area contributed by atoms with Gasteiger partial charge >= 0.3 is 6.03 Å². The van der Waals surface area contributed by atoms with Crippen LogP contribution in [0.15, 0.2) is 72.8 Å². The third-order valence-corrected chi connectivity index (χ3v) is 6.64. The van der Waals surface area contributed by atoms with E-state index in [1.807, 2.05) is 48.5 Å². The number of urea groups is 1. The molecule has 0 spiro atoms. The van der Waals surface area contributed by atoms with Gasteiger partial charge in [0.05, 0.1) is 0 Å². The Morgan fingerprint density at radius 3 is 2.51 bits per heavy atom. The summed E-state index contributed by atoms with van der Waals surface area (Å²) in [6.07, 6.45) is 3.12. The molecule has 2 aliphatic rings. The quantitative estimate of drug-likeness (QED) is 0.509. The highest BCUT2D eigenvalue weighted by molar-refractivity contribution is 6.10. The fourth-order valence-corrected chi connectivity index (χ4v) is 4.64. The molecule has 0 saturated carbocycles. The number of benzene rings is 3. The van der Waals surface area contributed by atoms with E-state index >= 15 is 0 Å². The van der Waals surface area contributed by atoms with E-state index in [2.05, 4.69) is 10.6 Å². The second-order valence-corrected chi connectivity index (χ2v) is 9.13. The lowest BCUT2D eigenvalue weighted by Gasteiger charge is -2.23. The van der Waals surface area contributed by atoms with Gasteiger partial charge < -0.3 is 15.4 Å². The van der Waals surface area contributed by atoms with Crippen molar-refractivity contribution in [2.45, 2.75) is 38.3 Å². The highest BCUT2D eigenvalue weighted by atomic mass is 16.5. The largest absolute Gasteiger partial charge is 0.489 e. The SMILES string of the molecule is CC1(c2ccc3c(c2)CCC3)NC(=O)N(CC(=O)Nc2ccc(OCc3ccccc3)cc2)C1=O. The van der Waals surface area contributed by atoms with E-state index in [9.17, 15) is 14.4 Å². The van der Waals surface area contributed by atoms with Gasteiger partial charge in [-0.05, 0) is 72.7 Å². The molecule has 1 aliphatic heterocycles. The second-order valence-electron chi connectivity index (χ2n) is 9.13. The Kier molecular flexibility index (Phi) is 5.99. The number of aryl methyl sites for hydroxylation is 2. The van der Waals surface area contributed by atoms with Gasteiger partial charge in [0.25, 0.3) is 5.91 Å². The molecule has 7 nitrogen and oxygen atoms in total. The first-order valence-corrected chi connectivity index (χ1v) is 11.8. The lowest BCUT2D eigenvalue weighted by molar-refractivity contribution is -0.133. The molecule has 35 heavy (non-hydrogen) atoms. The number of ether oxygens (including phenoxy) is 1. The third kappa shape index (κ3) is 4.62. The van der Waals surface area contributed by atoms with Gasteiger partial charge in [0.15, 0.2) is 0 Å². The van der Waals surface area contributed by atoms with Crippen LogP contribution in [0.5, 0.6) is 5.75 Å². The molecule has 1 aliphatic carbocycles. The summed E-state index contributed by atoms with van der Waals surface area (Å²) in [4.78, 5) is 39.4. The maximum atomic E-state index is 13.2. The number of anilines is 1. The minimum absolute atomic E-state index is 0.364. The zero-order chi connectivity index (χ0) is 24.4. The minimum atomic E-state index is -1.19. The molecule has 178 valence electrons. The summed E-state index contributed by atoms with van der Waals surface area (Å²) in [7, 11) is 0. The number of imide groups is 1. The van der Waals surface area contributed by atoms with E-state index < -0.39 is 23.4 Å². The Balaban J connectivity index is 1.20. The first-order chi connectivity index (χ1) is 16.9. The van der Waals surface area contributed by atoms with E-state index in [1.54, 1.807) is 31.2 Å². The molecule has 5 rings (SSSR count). The molecule has 1 saturated heterocycles. The molecule has 0 aromatic heterocycles. The molecule has 1 fully saturated rings. The van der Waals surface area contributed by atoms with Crippen molar-refractivity contribution in [2.24, 2.45) is 0 Å². The smallest absolute Gasteiger partial charge is 0.325 e. The molecule has 3 aromatic rings. The minimum Gasteiger partial charge on any atom is -0.489 e. The van der Waals surface area contributed by atoms with Crippen LogP contribution in [0.4, 0.5) is 10.5 Å². The van der Waals surface area contributed by atoms with Gasteiger partial charge in [0.1, 0.15) is 24.4 Å². The van der Waals surface area contributed by atoms with Crippen LogP contribution in [0.1, 0.15) is 35.6 Å². The average Bonchev–Trinajstić information content (AvgIpc) is 3.42. The molecular weight excluding hydrogens is 442 g/mol. The van der Waals surface area contributed by atoms with E-state index in [0.717, 1.165) is 35.3 Å². The number of hydrogen-bond donors (Lipinski definition) is 2. The maximum Gasteiger partial charge on any atom is 0.325 e. The number of nitrogens with one attached hydrogen (secondary N) is 2. The van der Waals surface area contributed by atoms with Gasteiger partial charge in [-0.3, -0.25) is 14.5 Å². The monoisotopic (exact) mass is 469 g/mol. The molecule has 0 bridgehead atoms. The Bertz CT molecular complexity index is 1270. The fourth-order valence-electron chi connectivity index (χ4n) is 4.64. The van der Waals surface area contributed by atoms with E-state index in [1.165, 1.54) is 11.1 Å². The van der Waals surface area contributed by atoms with Crippen LogP contribution in [-0.2, 0) is 34.6 Å². The summed E-state index contributed by atoms with van der Waals surface area (Å²) in [6.45, 7) is 1.77. The summed E-state index contributed by atoms with van der Waals surface area (Å²) in [5.74, 6) is -0.212. The van der Waals surface area contributed by atoms with Crippen molar-refractivity contribution in [1.82, 2.24) is 10.2 Å². The Hall–Kier alpha value is -4.13. The molecular formula is C28H27N3O4. The highest BCUT2D eigenvalue weighted by Gasteiger charge is 2.49. The van der Waals surface area contributed by atoms with Crippen molar-refractivity contribution in [2.75, 3.05) is 11.9 Å². The fraction of sp³-hybridized carbons (Fsp3) is 0.250. The third-order valence-electron chi connectivity index (χ3n) is 6.64. The average molecular weight is 470 g/mol. The number of carbonyl (C=O) groups is 3. The van der Waals surface area contributed by atoms with Crippen LogP contribution in [-0.4, -0.2) is 29.3 Å². The van der Waals surface area contributed by atoms with Gasteiger partial charge in [-0.15, -0.1) is 0 Å². The van der Waals surface area contributed by atoms with Crippen LogP contribution in [0.2, 0.25) is 0 Å². The number of carbonyl (C=O) groups excluding carboxylic acids is 3. The lowest BCUT2D eigenvalue weighted by Crippen LogP contribution is -2.42. The van der Waals surface area contributed by atoms with Crippen molar-refractivity contribution in [3.63, 3.8) is 0 Å². The van der Waals surface area contributed by atoms with Crippen molar-refractivity contribution in [3.8, 4) is 5.75 Å². The normalized spacial score (nSPS) is 18.8. The second kappa shape index (κ2) is 9.25. The molecule has 1 heterocycles. The van der Waals surface area contributed by atoms with Crippen LogP contribution < -0.4 is 15.4 Å². The van der Waals surface area contributed by atoms with E-state index in [-0.39, 0.29) is 6.54 Å². The molecule has 3 aromatic carbocycles. The van der Waals surface area contributed by atoms with Crippen molar-refractivity contribution in [3.05, 3.63) is 95.1 Å². The Labute approximate surface area is 204 Å². The topological polar surface area (TPSA) is 87.7 Å². The summed E-state index contributed by atoms with van der Waals surface area (Å²) in [5, 5.41) is 5.53. The molecule has 0 radical (unpaired) electrons. The predicted molar refractivity (Wildman–Crippen MR) is 132 cm³/mol. The Morgan fingerprint density at radius 1 is 1.00 bits per heavy atom. The first-order valence-electron chi connectivity index (χ1n) is 11.8. The zero-order valence-corrected chi connectivity index (χ0v) is 19.5. The number of amides is 4. The number of rotatable bonds is 7. The number of fused-ring (bicyclic) bond motifs is 1. The van der Waals surface area contributed by atoms with Gasteiger partial charge in [-0.2, -0.15) is 0 Å².